The van der Waals surface area contributed by atoms with Crippen LogP contribution in [-0.4, -0.2) is 10.7 Å². The molecule has 0 saturated heterocycles. The van der Waals surface area contributed by atoms with Gasteiger partial charge in [0.25, 0.3) is 0 Å². The van der Waals surface area contributed by atoms with Crippen molar-refractivity contribution in [1.29, 1.82) is 0 Å². The van der Waals surface area contributed by atoms with Gasteiger partial charge in [-0.1, -0.05) is 25.3 Å². The molecule has 1 fully saturated rings. The average Bonchev–Trinajstić information content (AvgIpc) is 2.02. The van der Waals surface area contributed by atoms with Crippen molar-refractivity contribution in [2.75, 3.05) is 0 Å². The Morgan fingerprint density at radius 3 is 2.62 bits per heavy atom. The van der Waals surface area contributed by atoms with Gasteiger partial charge in [-0.2, -0.15) is 0 Å². The zero-order valence-electron chi connectivity index (χ0n) is 8.46. The molecule has 2 bridgehead atoms. The zero-order valence-corrected chi connectivity index (χ0v) is 8.46. The van der Waals surface area contributed by atoms with Gasteiger partial charge in [0.05, 0.1) is 0 Å². The van der Waals surface area contributed by atoms with Crippen LogP contribution in [0.5, 0.6) is 0 Å². The van der Waals surface area contributed by atoms with Crippen molar-refractivity contribution >= 4 is 0 Å². The quantitative estimate of drug-likeness (QED) is 0.442. The van der Waals surface area contributed by atoms with Gasteiger partial charge in [0.15, 0.2) is 0 Å². The Labute approximate surface area is 79.8 Å². The number of fused-ring (bicyclic) bond motifs is 1. The topological polar surface area (TPSA) is 20.2 Å². The van der Waals surface area contributed by atoms with E-state index in [1.165, 1.54) is 5.57 Å². The molecule has 3 aliphatic rings. The summed E-state index contributed by atoms with van der Waals surface area (Å²) in [5.41, 5.74) is 0.454. The Kier molecular flexibility index (Phi) is 1.49. The van der Waals surface area contributed by atoms with Crippen LogP contribution in [0.2, 0.25) is 0 Å². The van der Waals surface area contributed by atoms with Gasteiger partial charge in [-0.15, -0.1) is 6.42 Å². The third-order valence-corrected chi connectivity index (χ3v) is 4.03. The predicted molar refractivity (Wildman–Crippen MR) is 52.9 cm³/mol. The van der Waals surface area contributed by atoms with E-state index in [9.17, 15) is 5.11 Å². The molecule has 1 nitrogen and oxygen atoms in total. The molecule has 1 N–H and O–H groups in total. The van der Waals surface area contributed by atoms with Crippen molar-refractivity contribution in [3.63, 3.8) is 0 Å². The highest BCUT2D eigenvalue weighted by Gasteiger charge is 2.59. The van der Waals surface area contributed by atoms with E-state index in [4.69, 9.17) is 6.42 Å². The summed E-state index contributed by atoms with van der Waals surface area (Å²) in [6.07, 6.45) is 8.32. The molecule has 70 valence electrons. The van der Waals surface area contributed by atoms with E-state index in [-0.39, 0.29) is 11.3 Å². The fraction of sp³-hybridized carbons (Fsp3) is 0.667. The lowest BCUT2D eigenvalue weighted by molar-refractivity contribution is -0.108. The molecule has 3 rings (SSSR count). The maximum absolute atomic E-state index is 10.2. The highest BCUT2D eigenvalue weighted by atomic mass is 16.3. The summed E-state index contributed by atoms with van der Waals surface area (Å²) >= 11 is 0. The summed E-state index contributed by atoms with van der Waals surface area (Å²) in [6, 6.07) is 0. The summed E-state index contributed by atoms with van der Waals surface area (Å²) in [7, 11) is 0. The van der Waals surface area contributed by atoms with Crippen LogP contribution in [0.3, 0.4) is 0 Å². The third kappa shape index (κ3) is 0.873. The molecule has 1 saturated carbocycles. The van der Waals surface area contributed by atoms with Gasteiger partial charge in [0.1, 0.15) is 5.60 Å². The Hall–Kier alpha value is -0.740. The molecule has 0 radical (unpaired) electrons. The van der Waals surface area contributed by atoms with Crippen molar-refractivity contribution in [3.8, 4) is 12.3 Å². The van der Waals surface area contributed by atoms with Gasteiger partial charge in [-0.05, 0) is 30.8 Å². The fourth-order valence-corrected chi connectivity index (χ4v) is 3.14. The second-order valence-corrected chi connectivity index (χ2v) is 5.02. The van der Waals surface area contributed by atoms with E-state index in [1.54, 1.807) is 0 Å². The van der Waals surface area contributed by atoms with Crippen LogP contribution < -0.4 is 0 Å². The van der Waals surface area contributed by atoms with Crippen molar-refractivity contribution < 1.29 is 5.11 Å². The standard InChI is InChI=1S/C12H16O/c1-5-12(13)7-8(2)9-6-10(12)11(9,3)4/h1,7,9-10,13H,6H2,2-4H3/t9-,10+,12+/m1/s1. The first-order valence-electron chi connectivity index (χ1n) is 4.81. The minimum atomic E-state index is -0.984. The van der Waals surface area contributed by atoms with E-state index in [2.05, 4.69) is 26.7 Å². The first kappa shape index (κ1) is 8.84. The summed E-state index contributed by atoms with van der Waals surface area (Å²) in [5, 5.41) is 10.2. The number of terminal acetylenes is 1. The molecular formula is C12H16O. The number of hydrogen-bond donors (Lipinski definition) is 1. The van der Waals surface area contributed by atoms with Crippen LogP contribution in [0.4, 0.5) is 0 Å². The zero-order chi connectivity index (χ0) is 9.85. The van der Waals surface area contributed by atoms with Gasteiger partial charge in [0, 0.05) is 5.92 Å². The second kappa shape index (κ2) is 2.19. The smallest absolute Gasteiger partial charge is 0.147 e. The van der Waals surface area contributed by atoms with E-state index >= 15 is 0 Å². The molecule has 0 aromatic heterocycles. The van der Waals surface area contributed by atoms with Crippen molar-refractivity contribution in [3.05, 3.63) is 11.6 Å². The van der Waals surface area contributed by atoms with Crippen LogP contribution in [0, 0.1) is 29.6 Å². The van der Waals surface area contributed by atoms with Crippen LogP contribution in [0.25, 0.3) is 0 Å². The van der Waals surface area contributed by atoms with Gasteiger partial charge in [-0.3, -0.25) is 0 Å². The molecule has 0 aliphatic heterocycles. The maximum atomic E-state index is 10.2. The molecule has 0 spiro atoms. The summed E-state index contributed by atoms with van der Waals surface area (Å²) in [4.78, 5) is 0. The molecule has 1 heteroatoms. The number of allylic oxidation sites excluding steroid dienone is 1. The first-order chi connectivity index (χ1) is 5.92. The number of hydrogen-bond acceptors (Lipinski definition) is 1. The lowest BCUT2D eigenvalue weighted by atomic mass is 9.45. The predicted octanol–water partition coefficient (Wildman–Crippen LogP) is 1.97. The van der Waals surface area contributed by atoms with E-state index < -0.39 is 5.60 Å². The second-order valence-electron chi connectivity index (χ2n) is 5.02. The van der Waals surface area contributed by atoms with Crippen LogP contribution >= 0.6 is 0 Å². The molecule has 0 unspecified atom stereocenters. The van der Waals surface area contributed by atoms with Crippen LogP contribution in [0.15, 0.2) is 11.6 Å². The molecular weight excluding hydrogens is 160 g/mol. The Morgan fingerprint density at radius 1 is 1.62 bits per heavy atom. The van der Waals surface area contributed by atoms with Gasteiger partial charge < -0.3 is 5.11 Å². The highest BCUT2D eigenvalue weighted by Crippen LogP contribution is 2.62. The molecule has 0 aromatic carbocycles. The van der Waals surface area contributed by atoms with E-state index in [0.717, 1.165) is 6.42 Å². The highest BCUT2D eigenvalue weighted by molar-refractivity contribution is 5.37. The van der Waals surface area contributed by atoms with Gasteiger partial charge >= 0.3 is 0 Å². The Morgan fingerprint density at radius 2 is 2.23 bits per heavy atom. The average molecular weight is 176 g/mol. The SMILES string of the molecule is C#C[C@]1(O)C=C(C)[C@H]2C[C@H]1C2(C)C. The van der Waals surface area contributed by atoms with Crippen molar-refractivity contribution in [2.24, 2.45) is 17.3 Å². The fourth-order valence-electron chi connectivity index (χ4n) is 3.14. The van der Waals surface area contributed by atoms with Gasteiger partial charge in [0.2, 0.25) is 0 Å². The minimum absolute atomic E-state index is 0.181. The van der Waals surface area contributed by atoms with Crippen molar-refractivity contribution in [2.45, 2.75) is 32.8 Å². The lowest BCUT2D eigenvalue weighted by Gasteiger charge is -2.60. The first-order valence-corrected chi connectivity index (χ1v) is 4.81. The summed E-state index contributed by atoms with van der Waals surface area (Å²) in [5.74, 6) is 3.41. The minimum Gasteiger partial charge on any atom is -0.374 e. The van der Waals surface area contributed by atoms with Crippen molar-refractivity contribution in [1.82, 2.24) is 0 Å². The molecule has 3 aliphatic carbocycles. The monoisotopic (exact) mass is 176 g/mol. The molecule has 0 aromatic rings. The lowest BCUT2D eigenvalue weighted by Crippen LogP contribution is -2.59. The largest absolute Gasteiger partial charge is 0.374 e. The van der Waals surface area contributed by atoms with E-state index in [1.807, 2.05) is 6.08 Å². The molecule has 3 atom stereocenters. The Bertz CT molecular complexity index is 319. The Balaban J connectivity index is 2.48. The van der Waals surface area contributed by atoms with Gasteiger partial charge in [-0.25, -0.2) is 0 Å². The van der Waals surface area contributed by atoms with E-state index in [0.29, 0.717) is 5.92 Å². The third-order valence-electron chi connectivity index (χ3n) is 4.03. The molecule has 0 amide bonds. The summed E-state index contributed by atoms with van der Waals surface area (Å²) in [6.45, 7) is 6.47. The molecule has 0 heterocycles. The molecule has 13 heavy (non-hydrogen) atoms. The maximum Gasteiger partial charge on any atom is 0.147 e. The van der Waals surface area contributed by atoms with Crippen LogP contribution in [0.1, 0.15) is 27.2 Å². The number of aliphatic hydroxyl groups is 1. The normalized spacial score (nSPS) is 45.9. The summed E-state index contributed by atoms with van der Waals surface area (Å²) < 4.78 is 0. The van der Waals surface area contributed by atoms with Crippen LogP contribution in [-0.2, 0) is 0 Å². The number of rotatable bonds is 0.